The maximum Gasteiger partial charge on any atom is 0.306 e. The SMILES string of the molecule is CCCC(C)(C#N)CCC(=O)OCc1ccc(CO)cc1. The van der Waals surface area contributed by atoms with Gasteiger partial charge in [-0.15, -0.1) is 0 Å². The van der Waals surface area contributed by atoms with Crippen LogP contribution in [0.4, 0.5) is 0 Å². The van der Waals surface area contributed by atoms with Crippen LogP contribution < -0.4 is 0 Å². The van der Waals surface area contributed by atoms with Gasteiger partial charge < -0.3 is 9.84 Å². The summed E-state index contributed by atoms with van der Waals surface area (Å²) in [4.78, 5) is 11.7. The molecule has 0 fully saturated rings. The number of carbonyl (C=O) groups is 1. The molecule has 114 valence electrons. The van der Waals surface area contributed by atoms with Gasteiger partial charge in [0, 0.05) is 6.42 Å². The van der Waals surface area contributed by atoms with E-state index in [1.807, 2.05) is 26.0 Å². The highest BCUT2D eigenvalue weighted by atomic mass is 16.5. The van der Waals surface area contributed by atoms with E-state index in [2.05, 4.69) is 6.07 Å². The highest BCUT2D eigenvalue weighted by Crippen LogP contribution is 2.28. The third kappa shape index (κ3) is 5.97. The molecule has 0 spiro atoms. The quantitative estimate of drug-likeness (QED) is 0.745. The van der Waals surface area contributed by atoms with E-state index >= 15 is 0 Å². The van der Waals surface area contributed by atoms with Crippen LogP contribution in [-0.4, -0.2) is 11.1 Å². The van der Waals surface area contributed by atoms with E-state index in [-0.39, 0.29) is 25.6 Å². The van der Waals surface area contributed by atoms with Crippen LogP contribution in [0.15, 0.2) is 24.3 Å². The molecule has 0 saturated heterocycles. The molecule has 0 radical (unpaired) electrons. The van der Waals surface area contributed by atoms with Crippen molar-refractivity contribution < 1.29 is 14.6 Å². The van der Waals surface area contributed by atoms with Crippen LogP contribution in [0.3, 0.4) is 0 Å². The Labute approximate surface area is 126 Å². The first-order chi connectivity index (χ1) is 10.0. The summed E-state index contributed by atoms with van der Waals surface area (Å²) in [5.74, 6) is -0.279. The Kier molecular flexibility index (Phi) is 6.90. The van der Waals surface area contributed by atoms with Gasteiger partial charge in [0.2, 0.25) is 0 Å². The number of aliphatic hydroxyl groups is 1. The second-order valence-electron chi connectivity index (χ2n) is 5.56. The summed E-state index contributed by atoms with van der Waals surface area (Å²) < 4.78 is 5.21. The zero-order valence-corrected chi connectivity index (χ0v) is 12.8. The van der Waals surface area contributed by atoms with Gasteiger partial charge in [-0.05, 0) is 30.9 Å². The van der Waals surface area contributed by atoms with Crippen LogP contribution >= 0.6 is 0 Å². The van der Waals surface area contributed by atoms with Gasteiger partial charge in [-0.3, -0.25) is 4.79 Å². The van der Waals surface area contributed by atoms with Gasteiger partial charge in [-0.1, -0.05) is 37.6 Å². The minimum absolute atomic E-state index is 0.00421. The summed E-state index contributed by atoms with van der Waals surface area (Å²) in [5, 5.41) is 18.1. The Morgan fingerprint density at radius 1 is 1.29 bits per heavy atom. The molecule has 1 aromatic rings. The van der Waals surface area contributed by atoms with Crippen LogP contribution in [0.5, 0.6) is 0 Å². The minimum atomic E-state index is -0.448. The van der Waals surface area contributed by atoms with Crippen molar-refractivity contribution in [3.8, 4) is 6.07 Å². The Hall–Kier alpha value is -1.86. The molecular weight excluding hydrogens is 266 g/mol. The third-order valence-electron chi connectivity index (χ3n) is 3.56. The lowest BCUT2D eigenvalue weighted by Crippen LogP contribution is -2.16. The van der Waals surface area contributed by atoms with Crippen LogP contribution in [0.1, 0.15) is 50.7 Å². The lowest BCUT2D eigenvalue weighted by atomic mass is 9.83. The van der Waals surface area contributed by atoms with Crippen LogP contribution in [-0.2, 0) is 22.7 Å². The zero-order valence-electron chi connectivity index (χ0n) is 12.8. The normalized spacial score (nSPS) is 13.2. The number of esters is 1. The van der Waals surface area contributed by atoms with Crippen LogP contribution in [0.25, 0.3) is 0 Å². The monoisotopic (exact) mass is 289 g/mol. The molecule has 0 aliphatic heterocycles. The molecule has 1 atom stereocenters. The van der Waals surface area contributed by atoms with Crippen molar-refractivity contribution in [2.24, 2.45) is 5.41 Å². The lowest BCUT2D eigenvalue weighted by molar-refractivity contribution is -0.145. The largest absolute Gasteiger partial charge is 0.461 e. The van der Waals surface area contributed by atoms with E-state index < -0.39 is 5.41 Å². The van der Waals surface area contributed by atoms with E-state index in [0.29, 0.717) is 6.42 Å². The van der Waals surface area contributed by atoms with Crippen molar-refractivity contribution in [3.05, 3.63) is 35.4 Å². The number of ether oxygens (including phenoxy) is 1. The summed E-state index contributed by atoms with van der Waals surface area (Å²) >= 11 is 0. The fourth-order valence-electron chi connectivity index (χ4n) is 2.14. The average Bonchev–Trinajstić information content (AvgIpc) is 2.51. The third-order valence-corrected chi connectivity index (χ3v) is 3.56. The number of benzene rings is 1. The first-order valence-electron chi connectivity index (χ1n) is 7.28. The number of hydrogen-bond donors (Lipinski definition) is 1. The van der Waals surface area contributed by atoms with Gasteiger partial charge in [-0.2, -0.15) is 5.26 Å². The molecule has 1 aromatic carbocycles. The fraction of sp³-hybridized carbons (Fsp3) is 0.529. The summed E-state index contributed by atoms with van der Waals surface area (Å²) in [6.07, 6.45) is 2.51. The summed E-state index contributed by atoms with van der Waals surface area (Å²) in [7, 11) is 0. The molecule has 4 nitrogen and oxygen atoms in total. The van der Waals surface area contributed by atoms with Crippen LogP contribution in [0.2, 0.25) is 0 Å². The second-order valence-corrected chi connectivity index (χ2v) is 5.56. The molecule has 0 bridgehead atoms. The second kappa shape index (κ2) is 8.43. The molecular formula is C17H23NO3. The molecule has 0 amide bonds. The molecule has 1 unspecified atom stereocenters. The summed E-state index contributed by atoms with van der Waals surface area (Å²) in [6, 6.07) is 9.55. The van der Waals surface area contributed by atoms with Crippen molar-refractivity contribution in [3.63, 3.8) is 0 Å². The van der Waals surface area contributed by atoms with Crippen molar-refractivity contribution in [1.82, 2.24) is 0 Å². The summed E-state index contributed by atoms with van der Waals surface area (Å²) in [6.45, 7) is 4.15. The lowest BCUT2D eigenvalue weighted by Gasteiger charge is -2.19. The maximum atomic E-state index is 11.7. The average molecular weight is 289 g/mol. The Bertz CT molecular complexity index is 490. The highest BCUT2D eigenvalue weighted by molar-refractivity contribution is 5.69. The first kappa shape index (κ1) is 17.2. The Balaban J connectivity index is 2.38. The predicted octanol–water partition coefficient (Wildman–Crippen LogP) is 3.33. The van der Waals surface area contributed by atoms with Crippen molar-refractivity contribution in [2.75, 3.05) is 0 Å². The zero-order chi connectivity index (χ0) is 15.7. The molecule has 21 heavy (non-hydrogen) atoms. The molecule has 1 rings (SSSR count). The number of aliphatic hydroxyl groups excluding tert-OH is 1. The molecule has 0 heterocycles. The first-order valence-corrected chi connectivity index (χ1v) is 7.28. The van der Waals surface area contributed by atoms with Gasteiger partial charge >= 0.3 is 5.97 Å². The van der Waals surface area contributed by atoms with Crippen molar-refractivity contribution in [2.45, 2.75) is 52.7 Å². The molecule has 0 aromatic heterocycles. The van der Waals surface area contributed by atoms with Gasteiger partial charge in [0.15, 0.2) is 0 Å². The van der Waals surface area contributed by atoms with E-state index in [4.69, 9.17) is 15.1 Å². The molecule has 1 N–H and O–H groups in total. The predicted molar refractivity (Wildman–Crippen MR) is 80.0 cm³/mol. The number of nitrogens with zero attached hydrogens (tertiary/aromatic N) is 1. The van der Waals surface area contributed by atoms with E-state index in [0.717, 1.165) is 24.0 Å². The van der Waals surface area contributed by atoms with Gasteiger partial charge in [0.05, 0.1) is 18.1 Å². The smallest absolute Gasteiger partial charge is 0.306 e. The van der Waals surface area contributed by atoms with E-state index in [1.54, 1.807) is 12.1 Å². The number of hydrogen-bond acceptors (Lipinski definition) is 4. The van der Waals surface area contributed by atoms with Crippen molar-refractivity contribution >= 4 is 5.97 Å². The van der Waals surface area contributed by atoms with E-state index in [9.17, 15) is 4.79 Å². The minimum Gasteiger partial charge on any atom is -0.461 e. The standard InChI is InChI=1S/C17H23NO3/c1-3-9-17(2,13-18)10-8-16(20)21-12-15-6-4-14(11-19)5-7-15/h4-7,19H,3,8-12H2,1-2H3. The fourth-order valence-corrected chi connectivity index (χ4v) is 2.14. The molecule has 0 aliphatic carbocycles. The maximum absolute atomic E-state index is 11.7. The Morgan fingerprint density at radius 3 is 2.43 bits per heavy atom. The number of nitriles is 1. The van der Waals surface area contributed by atoms with Crippen LogP contribution in [0, 0.1) is 16.7 Å². The van der Waals surface area contributed by atoms with E-state index in [1.165, 1.54) is 0 Å². The highest BCUT2D eigenvalue weighted by Gasteiger charge is 2.24. The molecule has 4 heteroatoms. The molecule has 0 aliphatic rings. The van der Waals surface area contributed by atoms with Gasteiger partial charge in [0.1, 0.15) is 6.61 Å². The molecule has 0 saturated carbocycles. The van der Waals surface area contributed by atoms with Gasteiger partial charge in [-0.25, -0.2) is 0 Å². The van der Waals surface area contributed by atoms with Crippen molar-refractivity contribution in [1.29, 1.82) is 5.26 Å². The van der Waals surface area contributed by atoms with Gasteiger partial charge in [0.25, 0.3) is 0 Å². The number of rotatable bonds is 8. The number of carbonyl (C=O) groups excluding carboxylic acids is 1. The topological polar surface area (TPSA) is 70.3 Å². The Morgan fingerprint density at radius 2 is 1.90 bits per heavy atom. The summed E-state index contributed by atoms with van der Waals surface area (Å²) in [5.41, 5.74) is 1.27.